The number of carbonyl (C=O) groups excluding carboxylic acids is 2. The van der Waals surface area contributed by atoms with Gasteiger partial charge in [-0.15, -0.1) is 0 Å². The van der Waals surface area contributed by atoms with Crippen molar-refractivity contribution in [2.45, 2.75) is 386 Å². The molecule has 2 atom stereocenters. The summed E-state index contributed by atoms with van der Waals surface area (Å²) < 4.78 is 5.47. The van der Waals surface area contributed by atoms with E-state index in [0.717, 1.165) is 51.4 Å². The van der Waals surface area contributed by atoms with Crippen LogP contribution in [0, 0.1) is 0 Å². The van der Waals surface area contributed by atoms with Gasteiger partial charge in [0.1, 0.15) is 0 Å². The van der Waals surface area contributed by atoms with Crippen LogP contribution in [0.25, 0.3) is 0 Å². The summed E-state index contributed by atoms with van der Waals surface area (Å²) in [5.41, 5.74) is 0. The molecule has 0 heterocycles. The van der Waals surface area contributed by atoms with Crippen molar-refractivity contribution in [2.75, 3.05) is 13.2 Å². The highest BCUT2D eigenvalue weighted by Crippen LogP contribution is 2.19. The van der Waals surface area contributed by atoms with Gasteiger partial charge in [0, 0.05) is 12.8 Å². The van der Waals surface area contributed by atoms with Gasteiger partial charge in [-0.2, -0.15) is 0 Å². The Morgan fingerprint density at radius 2 is 0.703 bits per heavy atom. The van der Waals surface area contributed by atoms with Crippen molar-refractivity contribution < 1.29 is 24.5 Å². The van der Waals surface area contributed by atoms with Crippen LogP contribution >= 0.6 is 0 Å². The number of carbonyl (C=O) groups is 2. The van der Waals surface area contributed by atoms with E-state index in [0.29, 0.717) is 25.9 Å². The lowest BCUT2D eigenvalue weighted by molar-refractivity contribution is -0.143. The van der Waals surface area contributed by atoms with Gasteiger partial charge in [-0.05, 0) is 51.4 Å². The van der Waals surface area contributed by atoms with E-state index in [1.807, 2.05) is 0 Å². The monoisotopic (exact) mass is 1040 g/mol. The van der Waals surface area contributed by atoms with E-state index in [1.54, 1.807) is 0 Å². The second-order valence-electron chi connectivity index (χ2n) is 23.2. The molecule has 0 radical (unpaired) electrons. The number of nitrogens with one attached hydrogen (secondary N) is 1. The van der Waals surface area contributed by atoms with Crippen molar-refractivity contribution in [1.29, 1.82) is 0 Å². The topological polar surface area (TPSA) is 95.9 Å². The zero-order chi connectivity index (χ0) is 53.6. The average molecular weight is 1040 g/mol. The standard InChI is InChI=1S/C68H131NO5/c1-3-5-7-9-11-13-15-17-18-19-30-33-37-40-44-48-52-56-60-66(71)65(64-70)69-67(72)61-57-53-49-45-41-38-34-31-28-26-24-22-20-21-23-25-27-29-32-35-39-43-47-51-55-59-63-74-68(73)62-58-54-50-46-42-36-16-14-12-10-8-6-4-2/h8,10,14,16,65-66,70-71H,3-7,9,11-13,15,17-64H2,1-2H3,(H,69,72)/b10-8-,16-14-. The minimum Gasteiger partial charge on any atom is -0.466 e. The first-order valence-electron chi connectivity index (χ1n) is 33.6. The van der Waals surface area contributed by atoms with Gasteiger partial charge in [-0.1, -0.05) is 334 Å². The number of amides is 1. The third kappa shape index (κ3) is 59.6. The van der Waals surface area contributed by atoms with Gasteiger partial charge in [0.15, 0.2) is 0 Å². The van der Waals surface area contributed by atoms with E-state index < -0.39 is 12.1 Å². The molecule has 0 aromatic rings. The summed E-state index contributed by atoms with van der Waals surface area (Å²) >= 11 is 0. The van der Waals surface area contributed by atoms with Crippen molar-refractivity contribution in [3.05, 3.63) is 24.3 Å². The minimum absolute atomic E-state index is 0.00244. The molecule has 0 aliphatic rings. The predicted molar refractivity (Wildman–Crippen MR) is 324 cm³/mol. The molecule has 438 valence electrons. The smallest absolute Gasteiger partial charge is 0.305 e. The van der Waals surface area contributed by atoms with Crippen LogP contribution in [-0.4, -0.2) is 47.4 Å². The Morgan fingerprint density at radius 1 is 0.378 bits per heavy atom. The van der Waals surface area contributed by atoms with E-state index in [2.05, 4.69) is 43.5 Å². The maximum Gasteiger partial charge on any atom is 0.305 e. The lowest BCUT2D eigenvalue weighted by atomic mass is 10.0. The third-order valence-corrected chi connectivity index (χ3v) is 15.7. The minimum atomic E-state index is -0.663. The van der Waals surface area contributed by atoms with Gasteiger partial charge in [0.25, 0.3) is 0 Å². The molecular weight excluding hydrogens is 911 g/mol. The molecule has 6 nitrogen and oxygen atoms in total. The molecule has 0 saturated heterocycles. The lowest BCUT2D eigenvalue weighted by Gasteiger charge is -2.22. The van der Waals surface area contributed by atoms with Crippen LogP contribution in [0.5, 0.6) is 0 Å². The molecule has 0 aliphatic heterocycles. The molecule has 0 spiro atoms. The fourth-order valence-corrected chi connectivity index (χ4v) is 10.6. The van der Waals surface area contributed by atoms with Crippen LogP contribution in [0.1, 0.15) is 373 Å². The Bertz CT molecular complexity index is 1150. The molecule has 3 N–H and O–H groups in total. The van der Waals surface area contributed by atoms with Crippen molar-refractivity contribution in [3.63, 3.8) is 0 Å². The normalized spacial score (nSPS) is 12.6. The van der Waals surface area contributed by atoms with Crippen molar-refractivity contribution in [3.8, 4) is 0 Å². The predicted octanol–water partition coefficient (Wildman–Crippen LogP) is 21.4. The zero-order valence-electron chi connectivity index (χ0n) is 50.1. The van der Waals surface area contributed by atoms with Crippen LogP contribution < -0.4 is 5.32 Å². The molecule has 0 rings (SSSR count). The number of esters is 1. The summed E-state index contributed by atoms with van der Waals surface area (Å²) in [4.78, 5) is 24.6. The number of allylic oxidation sites excluding steroid dienone is 4. The second kappa shape index (κ2) is 63.9. The van der Waals surface area contributed by atoms with Crippen LogP contribution in [0.15, 0.2) is 24.3 Å². The number of aliphatic hydroxyl groups excluding tert-OH is 2. The Labute approximate surface area is 462 Å². The Balaban J connectivity index is 3.36. The summed E-state index contributed by atoms with van der Waals surface area (Å²) in [6.07, 6.45) is 79.2. The maximum absolute atomic E-state index is 12.5. The van der Waals surface area contributed by atoms with Gasteiger partial charge in [0.05, 0.1) is 25.4 Å². The van der Waals surface area contributed by atoms with E-state index in [-0.39, 0.29) is 18.5 Å². The molecule has 0 bridgehead atoms. The molecule has 2 unspecified atom stereocenters. The number of hydrogen-bond donors (Lipinski definition) is 3. The van der Waals surface area contributed by atoms with Gasteiger partial charge >= 0.3 is 5.97 Å². The highest BCUT2D eigenvalue weighted by Gasteiger charge is 2.20. The number of hydrogen-bond acceptors (Lipinski definition) is 5. The van der Waals surface area contributed by atoms with Crippen LogP contribution in [-0.2, 0) is 14.3 Å². The molecule has 0 aromatic heterocycles. The van der Waals surface area contributed by atoms with Crippen LogP contribution in [0.4, 0.5) is 0 Å². The van der Waals surface area contributed by atoms with Gasteiger partial charge in [-0.25, -0.2) is 0 Å². The molecule has 0 aromatic carbocycles. The summed E-state index contributed by atoms with van der Waals surface area (Å²) in [6, 6.07) is -0.540. The number of rotatable bonds is 63. The highest BCUT2D eigenvalue weighted by molar-refractivity contribution is 5.76. The summed E-state index contributed by atoms with van der Waals surface area (Å²) in [6.45, 7) is 4.92. The zero-order valence-corrected chi connectivity index (χ0v) is 50.1. The quantitative estimate of drug-likeness (QED) is 0.0320. The van der Waals surface area contributed by atoms with E-state index in [4.69, 9.17) is 4.74 Å². The molecular formula is C68H131NO5. The van der Waals surface area contributed by atoms with Crippen LogP contribution in [0.3, 0.4) is 0 Å². The summed E-state index contributed by atoms with van der Waals surface area (Å²) in [7, 11) is 0. The first-order valence-corrected chi connectivity index (χ1v) is 33.6. The number of ether oxygens (including phenoxy) is 1. The average Bonchev–Trinajstić information content (AvgIpc) is 3.40. The van der Waals surface area contributed by atoms with Gasteiger partial charge < -0.3 is 20.3 Å². The molecule has 1 amide bonds. The fourth-order valence-electron chi connectivity index (χ4n) is 10.6. The number of unbranched alkanes of at least 4 members (excludes halogenated alkanes) is 48. The first-order chi connectivity index (χ1) is 36.5. The molecule has 6 heteroatoms. The van der Waals surface area contributed by atoms with Crippen molar-refractivity contribution >= 4 is 11.9 Å². The maximum atomic E-state index is 12.5. The number of aliphatic hydroxyl groups is 2. The molecule has 0 fully saturated rings. The first kappa shape index (κ1) is 72.3. The summed E-state index contributed by atoms with van der Waals surface area (Å²) in [5.74, 6) is -0.0269. The Hall–Kier alpha value is -1.66. The van der Waals surface area contributed by atoms with Gasteiger partial charge in [0.2, 0.25) is 5.91 Å². The van der Waals surface area contributed by atoms with Crippen LogP contribution in [0.2, 0.25) is 0 Å². The van der Waals surface area contributed by atoms with Gasteiger partial charge in [-0.3, -0.25) is 9.59 Å². The SMILES string of the molecule is CCC/C=C\C/C=C\CCCCCCCC(=O)OCCCCCCCCCCCCCCCCCCCCCCCCCCCCC(=O)NC(CO)C(O)CCCCCCCCCCCCCCCCCCCC. The van der Waals surface area contributed by atoms with Crippen molar-refractivity contribution in [1.82, 2.24) is 5.32 Å². The molecule has 0 saturated carbocycles. The third-order valence-electron chi connectivity index (χ3n) is 15.7. The Morgan fingerprint density at radius 3 is 1.08 bits per heavy atom. The second-order valence-corrected chi connectivity index (χ2v) is 23.2. The van der Waals surface area contributed by atoms with Crippen molar-refractivity contribution in [2.24, 2.45) is 0 Å². The van der Waals surface area contributed by atoms with E-state index in [9.17, 15) is 19.8 Å². The Kier molecular flexibility index (Phi) is 62.4. The molecule has 74 heavy (non-hydrogen) atoms. The summed E-state index contributed by atoms with van der Waals surface area (Å²) in [5, 5.41) is 23.4. The molecule has 0 aliphatic carbocycles. The highest BCUT2D eigenvalue weighted by atomic mass is 16.5. The van der Waals surface area contributed by atoms with E-state index >= 15 is 0 Å². The largest absolute Gasteiger partial charge is 0.466 e. The lowest BCUT2D eigenvalue weighted by Crippen LogP contribution is -2.45. The van der Waals surface area contributed by atoms with E-state index in [1.165, 1.54) is 289 Å². The fraction of sp³-hybridized carbons (Fsp3) is 0.912.